The molecular formula is C22H27N5O. The van der Waals surface area contributed by atoms with Crippen LogP contribution in [0.15, 0.2) is 48.7 Å². The first-order valence-electron chi connectivity index (χ1n) is 9.71. The number of benzene rings is 1. The monoisotopic (exact) mass is 377 g/mol. The molecule has 1 aliphatic carbocycles. The van der Waals surface area contributed by atoms with E-state index >= 15 is 0 Å². The Hall–Kier alpha value is -2.86. The fourth-order valence-corrected chi connectivity index (χ4v) is 4.03. The van der Waals surface area contributed by atoms with Crippen LogP contribution in [0, 0.1) is 0 Å². The lowest BCUT2D eigenvalue weighted by atomic mass is 9.92. The number of hydrogen-bond donors (Lipinski definition) is 1. The second-order valence-corrected chi connectivity index (χ2v) is 7.68. The van der Waals surface area contributed by atoms with Crippen LogP contribution in [0.1, 0.15) is 23.2 Å². The topological polar surface area (TPSA) is 57.4 Å². The van der Waals surface area contributed by atoms with Crippen molar-refractivity contribution in [2.75, 3.05) is 26.0 Å². The molecule has 1 aromatic carbocycles. The molecule has 0 amide bonds. The van der Waals surface area contributed by atoms with E-state index in [1.807, 2.05) is 18.2 Å². The highest BCUT2D eigenvalue weighted by molar-refractivity contribution is 5.52. The van der Waals surface area contributed by atoms with E-state index in [0.29, 0.717) is 11.9 Å². The molecule has 3 aromatic rings. The van der Waals surface area contributed by atoms with Crippen molar-refractivity contribution in [3.05, 3.63) is 65.5 Å². The molecule has 0 saturated carbocycles. The maximum atomic E-state index is 10.8. The van der Waals surface area contributed by atoms with Crippen molar-refractivity contribution in [1.82, 2.24) is 19.7 Å². The zero-order chi connectivity index (χ0) is 19.7. The zero-order valence-corrected chi connectivity index (χ0v) is 16.7. The number of pyridine rings is 1. The molecule has 0 spiro atoms. The van der Waals surface area contributed by atoms with E-state index in [4.69, 9.17) is 0 Å². The highest BCUT2D eigenvalue weighted by Gasteiger charge is 2.29. The van der Waals surface area contributed by atoms with Crippen LogP contribution in [-0.4, -0.2) is 52.0 Å². The average Bonchev–Trinajstić information content (AvgIpc) is 3.05. The van der Waals surface area contributed by atoms with E-state index < -0.39 is 0 Å². The van der Waals surface area contributed by atoms with Crippen LogP contribution < -0.4 is 4.90 Å². The Labute approximate surface area is 166 Å². The number of aromatic hydroxyl groups is 1. The smallest absolute Gasteiger partial charge is 0.219 e. The summed E-state index contributed by atoms with van der Waals surface area (Å²) in [5, 5.41) is 15.4. The van der Waals surface area contributed by atoms with Gasteiger partial charge < -0.3 is 10.0 Å². The number of anilines is 1. The van der Waals surface area contributed by atoms with Crippen LogP contribution in [0.5, 0.6) is 5.88 Å². The molecule has 2 heterocycles. The van der Waals surface area contributed by atoms with Crippen molar-refractivity contribution in [3.8, 4) is 11.7 Å². The molecule has 4 rings (SSSR count). The van der Waals surface area contributed by atoms with Gasteiger partial charge in [0, 0.05) is 44.1 Å². The fraction of sp³-hybridized carbons (Fsp3) is 0.364. The van der Waals surface area contributed by atoms with Gasteiger partial charge in [0.1, 0.15) is 0 Å². The Morgan fingerprint density at radius 3 is 2.64 bits per heavy atom. The molecule has 1 atom stereocenters. The number of fused-ring (bicyclic) bond motifs is 1. The Bertz CT molecular complexity index is 951. The molecule has 146 valence electrons. The highest BCUT2D eigenvalue weighted by Crippen LogP contribution is 2.32. The molecule has 6 nitrogen and oxygen atoms in total. The lowest BCUT2D eigenvalue weighted by Crippen LogP contribution is -2.36. The number of aryl methyl sites for hydroxylation is 1. The number of likely N-dealkylation sites (N-methyl/N-ethyl adjacent to an activating group) is 1. The summed E-state index contributed by atoms with van der Waals surface area (Å²) in [7, 11) is 6.33. The summed E-state index contributed by atoms with van der Waals surface area (Å²) in [6.07, 6.45) is 4.42. The van der Waals surface area contributed by atoms with E-state index in [1.54, 1.807) is 10.9 Å². The third kappa shape index (κ3) is 3.47. The Kier molecular flexibility index (Phi) is 5.05. The van der Waals surface area contributed by atoms with Crippen molar-refractivity contribution in [2.45, 2.75) is 31.8 Å². The van der Waals surface area contributed by atoms with Crippen molar-refractivity contribution >= 4 is 5.69 Å². The van der Waals surface area contributed by atoms with E-state index in [0.717, 1.165) is 37.1 Å². The molecular weight excluding hydrogens is 350 g/mol. The number of rotatable bonds is 5. The van der Waals surface area contributed by atoms with Crippen LogP contribution >= 0.6 is 0 Å². The lowest BCUT2D eigenvalue weighted by molar-refractivity contribution is 0.212. The van der Waals surface area contributed by atoms with Crippen molar-refractivity contribution in [2.24, 2.45) is 0 Å². The van der Waals surface area contributed by atoms with Gasteiger partial charge in [-0.05, 0) is 50.1 Å². The normalized spacial score (nSPS) is 16.2. The molecule has 1 N–H and O–H groups in total. The van der Waals surface area contributed by atoms with Gasteiger partial charge in [0.2, 0.25) is 5.88 Å². The van der Waals surface area contributed by atoms with Gasteiger partial charge in [-0.25, -0.2) is 4.98 Å². The Balaban J connectivity index is 1.54. The summed E-state index contributed by atoms with van der Waals surface area (Å²) in [6.45, 7) is 0.878. The van der Waals surface area contributed by atoms with Crippen LogP contribution in [0.25, 0.3) is 5.82 Å². The lowest BCUT2D eigenvalue weighted by Gasteiger charge is -2.32. The second kappa shape index (κ2) is 7.64. The van der Waals surface area contributed by atoms with Crippen molar-refractivity contribution in [3.63, 3.8) is 0 Å². The molecule has 0 aliphatic heterocycles. The maximum Gasteiger partial charge on any atom is 0.219 e. The molecule has 28 heavy (non-hydrogen) atoms. The summed E-state index contributed by atoms with van der Waals surface area (Å²) in [6, 6.07) is 14.5. The number of hydrogen-bond acceptors (Lipinski definition) is 5. The average molecular weight is 377 g/mol. The van der Waals surface area contributed by atoms with Gasteiger partial charge in [-0.1, -0.05) is 24.3 Å². The molecule has 0 fully saturated rings. The second-order valence-electron chi connectivity index (χ2n) is 7.68. The zero-order valence-electron chi connectivity index (χ0n) is 16.7. The van der Waals surface area contributed by atoms with E-state index in [2.05, 4.69) is 65.3 Å². The molecule has 1 aliphatic rings. The minimum atomic E-state index is 0.223. The fourth-order valence-electron chi connectivity index (χ4n) is 4.03. The van der Waals surface area contributed by atoms with Crippen LogP contribution in [-0.2, 0) is 19.4 Å². The Morgan fingerprint density at radius 1 is 1.11 bits per heavy atom. The van der Waals surface area contributed by atoms with Gasteiger partial charge >= 0.3 is 0 Å². The van der Waals surface area contributed by atoms with E-state index in [9.17, 15) is 5.11 Å². The molecule has 1 unspecified atom stereocenters. The van der Waals surface area contributed by atoms with Gasteiger partial charge in [-0.15, -0.1) is 0 Å². The number of aromatic nitrogens is 3. The van der Waals surface area contributed by atoms with Gasteiger partial charge in [0.05, 0.1) is 5.69 Å². The number of nitrogens with zero attached hydrogens (tertiary/aromatic N) is 5. The summed E-state index contributed by atoms with van der Waals surface area (Å²) in [5.41, 5.74) is 4.50. The minimum Gasteiger partial charge on any atom is -0.493 e. The maximum absolute atomic E-state index is 10.8. The summed E-state index contributed by atoms with van der Waals surface area (Å²) in [5.74, 6) is 0.875. The predicted molar refractivity (Wildman–Crippen MR) is 111 cm³/mol. The molecule has 0 radical (unpaired) electrons. The largest absolute Gasteiger partial charge is 0.493 e. The van der Waals surface area contributed by atoms with Crippen LogP contribution in [0.2, 0.25) is 0 Å². The van der Waals surface area contributed by atoms with Gasteiger partial charge in [0.15, 0.2) is 5.82 Å². The van der Waals surface area contributed by atoms with Crippen LogP contribution in [0.4, 0.5) is 5.69 Å². The first-order valence-corrected chi connectivity index (χ1v) is 9.71. The van der Waals surface area contributed by atoms with Crippen molar-refractivity contribution < 1.29 is 5.11 Å². The van der Waals surface area contributed by atoms with E-state index in [-0.39, 0.29) is 5.88 Å². The summed E-state index contributed by atoms with van der Waals surface area (Å²) < 4.78 is 1.56. The SMILES string of the molecule is CN(C)c1ccccc1CN(C)C1CCc2nn(-c3ccccn3)c(O)c2C1. The molecule has 6 heteroatoms. The quantitative estimate of drug-likeness (QED) is 0.741. The third-order valence-electron chi connectivity index (χ3n) is 5.58. The predicted octanol–water partition coefficient (Wildman–Crippen LogP) is 3.03. The third-order valence-corrected chi connectivity index (χ3v) is 5.58. The van der Waals surface area contributed by atoms with E-state index in [1.165, 1.54) is 11.3 Å². The molecule has 2 aromatic heterocycles. The van der Waals surface area contributed by atoms with Crippen molar-refractivity contribution in [1.29, 1.82) is 0 Å². The van der Waals surface area contributed by atoms with Gasteiger partial charge in [-0.2, -0.15) is 9.78 Å². The highest BCUT2D eigenvalue weighted by atomic mass is 16.3. The first kappa shape index (κ1) is 18.5. The van der Waals surface area contributed by atoms with Crippen LogP contribution in [0.3, 0.4) is 0 Å². The summed E-state index contributed by atoms with van der Waals surface area (Å²) in [4.78, 5) is 8.86. The standard InChI is InChI=1S/C22H27N5O/c1-25(2)20-9-5-4-8-16(20)15-26(3)17-11-12-19-18(14-17)22(28)27(24-19)21-10-6-7-13-23-21/h4-10,13,17,28H,11-12,14-15H2,1-3H3. The Morgan fingerprint density at radius 2 is 1.89 bits per heavy atom. The first-order chi connectivity index (χ1) is 13.5. The van der Waals surface area contributed by atoms with Gasteiger partial charge in [-0.3, -0.25) is 4.90 Å². The molecule has 0 bridgehead atoms. The number of para-hydroxylation sites is 1. The molecule has 0 saturated heterocycles. The minimum absolute atomic E-state index is 0.223. The summed E-state index contributed by atoms with van der Waals surface area (Å²) >= 11 is 0. The van der Waals surface area contributed by atoms with Gasteiger partial charge in [0.25, 0.3) is 0 Å².